The Morgan fingerprint density at radius 1 is 1.45 bits per heavy atom. The lowest BCUT2D eigenvalue weighted by molar-refractivity contribution is -0.116. The van der Waals surface area contributed by atoms with E-state index in [2.05, 4.69) is 5.32 Å². The highest BCUT2D eigenvalue weighted by molar-refractivity contribution is 5.96. The maximum absolute atomic E-state index is 14.0. The standard InChI is InChI=1S/C16H18FNO2/c1-16(2)9-10(8-14(19)18-11-6-7-11)15-12(17)4-3-5-13(15)20-16/h3-5,8,11H,6-7,9H2,1-2H3,(H,18,19)/b10-8+. The average Bonchev–Trinajstić information content (AvgIpc) is 3.10. The Morgan fingerprint density at radius 2 is 2.20 bits per heavy atom. The first-order valence-corrected chi connectivity index (χ1v) is 6.94. The normalized spacial score (nSPS) is 22.1. The molecular weight excluding hydrogens is 257 g/mol. The molecule has 1 aromatic carbocycles. The van der Waals surface area contributed by atoms with Gasteiger partial charge in [-0.3, -0.25) is 4.79 Å². The van der Waals surface area contributed by atoms with Gasteiger partial charge in [-0.05, 0) is 44.4 Å². The molecule has 3 rings (SSSR count). The second-order valence-electron chi connectivity index (χ2n) is 6.10. The first-order valence-electron chi connectivity index (χ1n) is 6.94. The second kappa shape index (κ2) is 4.62. The fourth-order valence-electron chi connectivity index (χ4n) is 2.53. The van der Waals surface area contributed by atoms with Gasteiger partial charge < -0.3 is 10.1 Å². The molecule has 0 aromatic heterocycles. The molecule has 1 fully saturated rings. The maximum atomic E-state index is 14.0. The van der Waals surface area contributed by atoms with Crippen LogP contribution in [0.3, 0.4) is 0 Å². The van der Waals surface area contributed by atoms with Gasteiger partial charge in [0.25, 0.3) is 0 Å². The van der Waals surface area contributed by atoms with Gasteiger partial charge in [0.1, 0.15) is 17.2 Å². The lowest BCUT2D eigenvalue weighted by Gasteiger charge is -2.34. The highest BCUT2D eigenvalue weighted by Gasteiger charge is 2.32. The lowest BCUT2D eigenvalue weighted by atomic mass is 9.88. The maximum Gasteiger partial charge on any atom is 0.244 e. The predicted molar refractivity (Wildman–Crippen MR) is 74.9 cm³/mol. The molecule has 2 aliphatic rings. The van der Waals surface area contributed by atoms with E-state index in [0.29, 0.717) is 29.3 Å². The van der Waals surface area contributed by atoms with E-state index in [4.69, 9.17) is 4.74 Å². The van der Waals surface area contributed by atoms with E-state index < -0.39 is 5.60 Å². The van der Waals surface area contributed by atoms with Crippen molar-refractivity contribution in [3.63, 3.8) is 0 Å². The zero-order chi connectivity index (χ0) is 14.3. The number of hydrogen-bond acceptors (Lipinski definition) is 2. The zero-order valence-corrected chi connectivity index (χ0v) is 11.7. The van der Waals surface area contributed by atoms with Crippen LogP contribution in [-0.2, 0) is 4.79 Å². The third-order valence-corrected chi connectivity index (χ3v) is 3.53. The van der Waals surface area contributed by atoms with Crippen molar-refractivity contribution in [3.8, 4) is 5.75 Å². The third kappa shape index (κ3) is 2.69. The minimum Gasteiger partial charge on any atom is -0.487 e. The van der Waals surface area contributed by atoms with Gasteiger partial charge in [-0.25, -0.2) is 4.39 Å². The van der Waals surface area contributed by atoms with Crippen molar-refractivity contribution < 1.29 is 13.9 Å². The summed E-state index contributed by atoms with van der Waals surface area (Å²) < 4.78 is 19.8. The van der Waals surface area contributed by atoms with E-state index in [-0.39, 0.29) is 11.7 Å². The van der Waals surface area contributed by atoms with Crippen molar-refractivity contribution in [1.29, 1.82) is 0 Å². The summed E-state index contributed by atoms with van der Waals surface area (Å²) in [6.45, 7) is 3.88. The molecule has 1 amide bonds. The van der Waals surface area contributed by atoms with E-state index in [0.717, 1.165) is 12.8 Å². The summed E-state index contributed by atoms with van der Waals surface area (Å²) >= 11 is 0. The van der Waals surface area contributed by atoms with Crippen LogP contribution in [0.4, 0.5) is 4.39 Å². The van der Waals surface area contributed by atoms with E-state index >= 15 is 0 Å². The Bertz CT molecular complexity index is 588. The van der Waals surface area contributed by atoms with Gasteiger partial charge in [0, 0.05) is 18.5 Å². The largest absolute Gasteiger partial charge is 0.487 e. The molecule has 20 heavy (non-hydrogen) atoms. The number of benzene rings is 1. The van der Waals surface area contributed by atoms with Crippen LogP contribution >= 0.6 is 0 Å². The zero-order valence-electron chi connectivity index (χ0n) is 11.7. The molecular formula is C16H18FNO2. The van der Waals surface area contributed by atoms with Gasteiger partial charge in [0.05, 0.1) is 5.56 Å². The van der Waals surface area contributed by atoms with E-state index in [1.165, 1.54) is 12.1 Å². The summed E-state index contributed by atoms with van der Waals surface area (Å²) in [5.74, 6) is 0.0181. The summed E-state index contributed by atoms with van der Waals surface area (Å²) in [7, 11) is 0. The summed E-state index contributed by atoms with van der Waals surface area (Å²) in [5, 5.41) is 2.90. The van der Waals surface area contributed by atoms with Crippen LogP contribution in [0.5, 0.6) is 5.75 Å². The van der Waals surface area contributed by atoms with Gasteiger partial charge in [0.15, 0.2) is 0 Å². The van der Waals surface area contributed by atoms with Gasteiger partial charge in [-0.1, -0.05) is 6.07 Å². The molecule has 0 radical (unpaired) electrons. The molecule has 106 valence electrons. The molecule has 0 unspecified atom stereocenters. The molecule has 0 atom stereocenters. The van der Waals surface area contributed by atoms with E-state index in [1.807, 2.05) is 13.8 Å². The van der Waals surface area contributed by atoms with Crippen LogP contribution in [-0.4, -0.2) is 17.6 Å². The van der Waals surface area contributed by atoms with Crippen LogP contribution < -0.4 is 10.1 Å². The van der Waals surface area contributed by atoms with Crippen LogP contribution in [0.1, 0.15) is 38.7 Å². The first kappa shape index (κ1) is 13.2. The fraction of sp³-hybridized carbons (Fsp3) is 0.438. The number of carbonyl (C=O) groups is 1. The molecule has 1 aromatic rings. The van der Waals surface area contributed by atoms with E-state index in [1.54, 1.807) is 12.1 Å². The highest BCUT2D eigenvalue weighted by atomic mass is 19.1. The Labute approximate surface area is 117 Å². The number of carbonyl (C=O) groups excluding carboxylic acids is 1. The number of fused-ring (bicyclic) bond motifs is 1. The van der Waals surface area contributed by atoms with Crippen molar-refractivity contribution in [2.24, 2.45) is 0 Å². The van der Waals surface area contributed by atoms with Crippen molar-refractivity contribution in [2.75, 3.05) is 0 Å². The smallest absolute Gasteiger partial charge is 0.244 e. The summed E-state index contributed by atoms with van der Waals surface area (Å²) in [6, 6.07) is 5.06. The Hall–Kier alpha value is -1.84. The molecule has 1 heterocycles. The molecule has 0 saturated heterocycles. The second-order valence-corrected chi connectivity index (χ2v) is 6.10. The summed E-state index contributed by atoms with van der Waals surface area (Å²) in [6.07, 6.45) is 4.10. The molecule has 1 N–H and O–H groups in total. The number of amides is 1. The number of nitrogens with one attached hydrogen (secondary N) is 1. The van der Waals surface area contributed by atoms with Gasteiger partial charge in [-0.15, -0.1) is 0 Å². The monoisotopic (exact) mass is 275 g/mol. The van der Waals surface area contributed by atoms with Crippen LogP contribution in [0.25, 0.3) is 5.57 Å². The number of ether oxygens (including phenoxy) is 1. The van der Waals surface area contributed by atoms with Crippen LogP contribution in [0.2, 0.25) is 0 Å². The predicted octanol–water partition coefficient (Wildman–Crippen LogP) is 3.05. The average molecular weight is 275 g/mol. The van der Waals surface area contributed by atoms with Crippen LogP contribution in [0.15, 0.2) is 24.3 Å². The molecule has 1 aliphatic carbocycles. The topological polar surface area (TPSA) is 38.3 Å². The Morgan fingerprint density at radius 3 is 2.90 bits per heavy atom. The van der Waals surface area contributed by atoms with Crippen LogP contribution in [0, 0.1) is 5.82 Å². The molecule has 4 heteroatoms. The minimum atomic E-state index is -0.438. The highest BCUT2D eigenvalue weighted by Crippen LogP contribution is 2.41. The van der Waals surface area contributed by atoms with Crippen molar-refractivity contribution in [1.82, 2.24) is 5.32 Å². The van der Waals surface area contributed by atoms with Crippen molar-refractivity contribution >= 4 is 11.5 Å². The summed E-state index contributed by atoms with van der Waals surface area (Å²) in [4.78, 5) is 11.9. The Balaban J connectivity index is 1.97. The number of hydrogen-bond donors (Lipinski definition) is 1. The molecule has 1 saturated carbocycles. The summed E-state index contributed by atoms with van der Waals surface area (Å²) in [5.41, 5.74) is 0.678. The number of rotatable bonds is 2. The van der Waals surface area contributed by atoms with Gasteiger partial charge >= 0.3 is 0 Å². The van der Waals surface area contributed by atoms with Crippen molar-refractivity contribution in [3.05, 3.63) is 35.7 Å². The molecule has 1 aliphatic heterocycles. The fourth-order valence-corrected chi connectivity index (χ4v) is 2.53. The van der Waals surface area contributed by atoms with E-state index in [9.17, 15) is 9.18 Å². The first-order chi connectivity index (χ1) is 9.44. The molecule has 3 nitrogen and oxygen atoms in total. The van der Waals surface area contributed by atoms with Crippen molar-refractivity contribution in [2.45, 2.75) is 44.8 Å². The molecule has 0 bridgehead atoms. The minimum absolute atomic E-state index is 0.144. The Kier molecular flexibility index (Phi) is 3.04. The SMILES string of the molecule is CC1(C)C/C(=C\C(=O)NC2CC2)c2c(F)cccc2O1. The molecule has 0 spiro atoms. The quantitative estimate of drug-likeness (QED) is 0.842. The third-order valence-electron chi connectivity index (χ3n) is 3.53. The number of halogens is 1. The van der Waals surface area contributed by atoms with Gasteiger partial charge in [-0.2, -0.15) is 0 Å². The van der Waals surface area contributed by atoms with Gasteiger partial charge in [0.2, 0.25) is 5.91 Å². The lowest BCUT2D eigenvalue weighted by Crippen LogP contribution is -2.33.